The fourth-order valence-corrected chi connectivity index (χ4v) is 3.13. The van der Waals surface area contributed by atoms with Gasteiger partial charge in [-0.25, -0.2) is 23.1 Å². The lowest BCUT2D eigenvalue weighted by Crippen LogP contribution is -2.24. The second kappa shape index (κ2) is 5.30. The van der Waals surface area contributed by atoms with Crippen LogP contribution < -0.4 is 15.2 Å². The minimum absolute atomic E-state index is 0.0362. The van der Waals surface area contributed by atoms with Crippen LogP contribution in [0, 0.1) is 0 Å². The maximum absolute atomic E-state index is 12.3. The highest BCUT2D eigenvalue weighted by molar-refractivity contribution is 7.92. The standard InChI is InChI=1S/C13H14N4O3S/c14-8-10-6-9-7-11(2-3-12(9)20-10)21(18,19)17-13-15-4-1-5-16-13/h1-5,7,10H,6,8,14H2,(H,15,16,17). The number of aromatic nitrogens is 2. The van der Waals surface area contributed by atoms with Gasteiger partial charge in [0.25, 0.3) is 10.0 Å². The van der Waals surface area contributed by atoms with Crippen LogP contribution in [0.15, 0.2) is 41.6 Å². The Kier molecular flexibility index (Phi) is 3.48. The fraction of sp³-hybridized carbons (Fsp3) is 0.231. The number of ether oxygens (including phenoxy) is 1. The number of hydrogen-bond donors (Lipinski definition) is 2. The van der Waals surface area contributed by atoms with E-state index in [4.69, 9.17) is 10.5 Å². The Morgan fingerprint density at radius 2 is 2.10 bits per heavy atom. The number of hydrogen-bond acceptors (Lipinski definition) is 6. The van der Waals surface area contributed by atoms with Gasteiger partial charge in [-0.1, -0.05) is 0 Å². The van der Waals surface area contributed by atoms with E-state index in [1.54, 1.807) is 18.2 Å². The Morgan fingerprint density at radius 1 is 1.33 bits per heavy atom. The molecule has 110 valence electrons. The van der Waals surface area contributed by atoms with Gasteiger partial charge in [-0.3, -0.25) is 0 Å². The van der Waals surface area contributed by atoms with E-state index < -0.39 is 10.0 Å². The first-order chi connectivity index (χ1) is 10.1. The molecule has 1 aliphatic heterocycles. The summed E-state index contributed by atoms with van der Waals surface area (Å²) >= 11 is 0. The van der Waals surface area contributed by atoms with Crippen molar-refractivity contribution in [1.82, 2.24) is 9.97 Å². The van der Waals surface area contributed by atoms with Crippen LogP contribution in [-0.4, -0.2) is 31.0 Å². The number of nitrogens with two attached hydrogens (primary N) is 1. The molecule has 1 aliphatic rings. The van der Waals surface area contributed by atoms with Crippen LogP contribution in [0.2, 0.25) is 0 Å². The van der Waals surface area contributed by atoms with Crippen molar-refractivity contribution in [2.75, 3.05) is 11.3 Å². The monoisotopic (exact) mass is 306 g/mol. The van der Waals surface area contributed by atoms with Crippen molar-refractivity contribution in [2.45, 2.75) is 17.4 Å². The predicted molar refractivity (Wildman–Crippen MR) is 76.5 cm³/mol. The summed E-state index contributed by atoms with van der Waals surface area (Å²) in [6.07, 6.45) is 3.45. The Morgan fingerprint density at radius 3 is 2.81 bits per heavy atom. The molecule has 0 bridgehead atoms. The summed E-state index contributed by atoms with van der Waals surface area (Å²) in [5.74, 6) is 0.717. The maximum Gasteiger partial charge on any atom is 0.264 e. The van der Waals surface area contributed by atoms with E-state index in [9.17, 15) is 8.42 Å². The maximum atomic E-state index is 12.3. The highest BCUT2D eigenvalue weighted by atomic mass is 32.2. The van der Waals surface area contributed by atoms with Crippen LogP contribution in [0.25, 0.3) is 0 Å². The number of anilines is 1. The number of nitrogens with zero attached hydrogens (tertiary/aromatic N) is 2. The largest absolute Gasteiger partial charge is 0.488 e. The molecule has 0 spiro atoms. The summed E-state index contributed by atoms with van der Waals surface area (Å²) in [6.45, 7) is 0.396. The SMILES string of the molecule is NCC1Cc2cc(S(=O)(=O)Nc3ncccn3)ccc2O1. The lowest BCUT2D eigenvalue weighted by Gasteiger charge is -2.07. The third kappa shape index (κ3) is 2.81. The van der Waals surface area contributed by atoms with E-state index >= 15 is 0 Å². The van der Waals surface area contributed by atoms with Crippen LogP contribution in [0.3, 0.4) is 0 Å². The highest BCUT2D eigenvalue weighted by Crippen LogP contribution is 2.30. The normalized spacial score (nSPS) is 17.1. The number of benzene rings is 1. The second-order valence-corrected chi connectivity index (χ2v) is 6.31. The highest BCUT2D eigenvalue weighted by Gasteiger charge is 2.24. The molecule has 0 aliphatic carbocycles. The van der Waals surface area contributed by atoms with Crippen LogP contribution in [-0.2, 0) is 16.4 Å². The molecule has 2 aromatic rings. The fourth-order valence-electron chi connectivity index (χ4n) is 2.13. The van der Waals surface area contributed by atoms with Gasteiger partial charge in [-0.05, 0) is 29.8 Å². The molecular formula is C13H14N4O3S. The van der Waals surface area contributed by atoms with Crippen molar-refractivity contribution < 1.29 is 13.2 Å². The van der Waals surface area contributed by atoms with Crippen LogP contribution >= 0.6 is 0 Å². The molecule has 0 saturated carbocycles. The van der Waals surface area contributed by atoms with Gasteiger partial charge in [0.2, 0.25) is 5.95 Å². The Bertz CT molecular complexity index is 749. The number of nitrogens with one attached hydrogen (secondary N) is 1. The molecular weight excluding hydrogens is 292 g/mol. The van der Waals surface area contributed by atoms with Gasteiger partial charge in [0.15, 0.2) is 0 Å². The van der Waals surface area contributed by atoms with E-state index in [2.05, 4.69) is 14.7 Å². The van der Waals surface area contributed by atoms with Gasteiger partial charge >= 0.3 is 0 Å². The molecule has 21 heavy (non-hydrogen) atoms. The second-order valence-electron chi connectivity index (χ2n) is 4.63. The van der Waals surface area contributed by atoms with E-state index in [0.717, 1.165) is 5.56 Å². The average molecular weight is 306 g/mol. The molecule has 0 saturated heterocycles. The summed E-state index contributed by atoms with van der Waals surface area (Å²) in [4.78, 5) is 7.84. The lowest BCUT2D eigenvalue weighted by molar-refractivity contribution is 0.241. The van der Waals surface area contributed by atoms with Gasteiger partial charge in [-0.2, -0.15) is 0 Å². The predicted octanol–water partition coefficient (Wildman–Crippen LogP) is 0.540. The first-order valence-electron chi connectivity index (χ1n) is 6.38. The van der Waals surface area contributed by atoms with Crippen LogP contribution in [0.5, 0.6) is 5.75 Å². The van der Waals surface area contributed by atoms with Gasteiger partial charge in [0.05, 0.1) is 4.90 Å². The summed E-state index contributed by atoms with van der Waals surface area (Å²) in [6, 6.07) is 6.34. The van der Waals surface area contributed by atoms with Gasteiger partial charge in [0.1, 0.15) is 11.9 Å². The quantitative estimate of drug-likeness (QED) is 0.853. The van der Waals surface area contributed by atoms with Crippen molar-refractivity contribution in [2.24, 2.45) is 5.73 Å². The topological polar surface area (TPSA) is 107 Å². The molecule has 3 rings (SSSR count). The zero-order valence-electron chi connectivity index (χ0n) is 11.1. The smallest absolute Gasteiger partial charge is 0.264 e. The van der Waals surface area contributed by atoms with Crippen LogP contribution in [0.4, 0.5) is 5.95 Å². The van der Waals surface area contributed by atoms with Gasteiger partial charge < -0.3 is 10.5 Å². The molecule has 8 heteroatoms. The number of sulfonamides is 1. The molecule has 1 aromatic carbocycles. The molecule has 2 heterocycles. The summed E-state index contributed by atoms with van der Waals surface area (Å²) in [5, 5.41) is 0. The minimum Gasteiger partial charge on any atom is -0.488 e. The van der Waals surface area contributed by atoms with Crippen molar-refractivity contribution >= 4 is 16.0 Å². The molecule has 1 aromatic heterocycles. The van der Waals surface area contributed by atoms with Crippen molar-refractivity contribution in [3.63, 3.8) is 0 Å². The zero-order chi connectivity index (χ0) is 14.9. The molecule has 3 N–H and O–H groups in total. The van der Waals surface area contributed by atoms with Crippen molar-refractivity contribution in [1.29, 1.82) is 0 Å². The van der Waals surface area contributed by atoms with Gasteiger partial charge in [0, 0.05) is 25.4 Å². The molecule has 7 nitrogen and oxygen atoms in total. The molecule has 0 amide bonds. The molecule has 1 atom stereocenters. The third-order valence-electron chi connectivity index (χ3n) is 3.14. The van der Waals surface area contributed by atoms with E-state index in [0.29, 0.717) is 18.7 Å². The zero-order valence-corrected chi connectivity index (χ0v) is 11.9. The van der Waals surface area contributed by atoms with Crippen molar-refractivity contribution in [3.05, 3.63) is 42.2 Å². The first kappa shape index (κ1) is 13.8. The Labute approximate surface area is 122 Å². The minimum atomic E-state index is -3.72. The molecule has 0 fully saturated rings. The summed E-state index contributed by atoms with van der Waals surface area (Å²) in [5.41, 5.74) is 6.40. The van der Waals surface area contributed by atoms with E-state index in [-0.39, 0.29) is 16.9 Å². The Balaban J connectivity index is 1.87. The Hall–Kier alpha value is -2.19. The van der Waals surface area contributed by atoms with E-state index in [1.165, 1.54) is 18.5 Å². The number of rotatable bonds is 4. The summed E-state index contributed by atoms with van der Waals surface area (Å²) < 4.78 is 32.5. The average Bonchev–Trinajstić information content (AvgIpc) is 2.90. The number of fused-ring (bicyclic) bond motifs is 1. The first-order valence-corrected chi connectivity index (χ1v) is 7.86. The lowest BCUT2D eigenvalue weighted by atomic mass is 10.1. The van der Waals surface area contributed by atoms with Crippen LogP contribution in [0.1, 0.15) is 5.56 Å². The summed E-state index contributed by atoms with van der Waals surface area (Å²) in [7, 11) is -3.72. The van der Waals surface area contributed by atoms with Crippen molar-refractivity contribution in [3.8, 4) is 5.75 Å². The van der Waals surface area contributed by atoms with E-state index in [1.807, 2.05) is 0 Å². The molecule has 0 radical (unpaired) electrons. The van der Waals surface area contributed by atoms with Gasteiger partial charge in [-0.15, -0.1) is 0 Å². The third-order valence-corrected chi connectivity index (χ3v) is 4.46. The molecule has 1 unspecified atom stereocenters.